The first kappa shape index (κ1) is 20.3. The zero-order chi connectivity index (χ0) is 21.1. The molecule has 1 saturated heterocycles. The maximum Gasteiger partial charge on any atom is 0.253 e. The minimum atomic E-state index is -0.617. The molecule has 0 bridgehead atoms. The molecule has 4 rings (SSSR count). The molecular weight excluding hydrogens is 394 g/mol. The number of nitrogens with zero attached hydrogens (tertiary/aromatic N) is 2. The number of thiazole rings is 1. The summed E-state index contributed by atoms with van der Waals surface area (Å²) in [6.07, 6.45) is 1.57. The van der Waals surface area contributed by atoms with Crippen molar-refractivity contribution in [3.8, 4) is 10.6 Å². The summed E-state index contributed by atoms with van der Waals surface area (Å²) in [5.41, 5.74) is 2.84. The van der Waals surface area contributed by atoms with E-state index in [9.17, 15) is 9.59 Å². The average molecular weight is 420 g/mol. The highest BCUT2D eigenvalue weighted by atomic mass is 32.1. The number of nitrogens with one attached hydrogen (secondary N) is 1. The molecule has 1 aliphatic heterocycles. The molecule has 0 spiro atoms. The summed E-state index contributed by atoms with van der Waals surface area (Å²) in [6, 6.07) is 17.0. The highest BCUT2D eigenvalue weighted by Gasteiger charge is 2.39. The summed E-state index contributed by atoms with van der Waals surface area (Å²) in [5, 5.41) is 6.04. The fraction of sp³-hybridized carbons (Fsp3) is 0.292. The van der Waals surface area contributed by atoms with Crippen LogP contribution in [0.15, 0.2) is 60.0 Å². The van der Waals surface area contributed by atoms with Crippen molar-refractivity contribution in [3.63, 3.8) is 0 Å². The van der Waals surface area contributed by atoms with Crippen molar-refractivity contribution < 1.29 is 9.59 Å². The van der Waals surface area contributed by atoms with Crippen molar-refractivity contribution in [2.75, 3.05) is 18.4 Å². The largest absolute Gasteiger partial charge is 0.338 e. The molecule has 1 fully saturated rings. The van der Waals surface area contributed by atoms with Gasteiger partial charge in [0.2, 0.25) is 5.91 Å². The molecule has 1 aromatic heterocycles. The number of aromatic nitrogens is 1. The Hall–Kier alpha value is -2.99. The zero-order valence-corrected chi connectivity index (χ0v) is 18.0. The van der Waals surface area contributed by atoms with Gasteiger partial charge in [0.25, 0.3) is 5.91 Å². The number of likely N-dealkylation sites (tertiary alicyclic amines) is 1. The SMILES string of the molecule is Cc1csc(-c2ccc(NC(=O)[C@]3(C)CCCN(C(=O)c4ccccc4)C3)cc2)n1. The number of rotatable bonds is 4. The molecule has 2 aromatic carbocycles. The van der Waals surface area contributed by atoms with Crippen LogP contribution in [0.2, 0.25) is 0 Å². The van der Waals surface area contributed by atoms with Gasteiger partial charge in [-0.15, -0.1) is 11.3 Å². The second-order valence-corrected chi connectivity index (χ2v) is 8.94. The second kappa shape index (κ2) is 8.40. The van der Waals surface area contributed by atoms with Crippen LogP contribution in [0.5, 0.6) is 0 Å². The normalized spacial score (nSPS) is 18.8. The van der Waals surface area contributed by atoms with Gasteiger partial charge < -0.3 is 10.2 Å². The Kier molecular flexibility index (Phi) is 5.68. The third kappa shape index (κ3) is 4.28. The minimum Gasteiger partial charge on any atom is -0.338 e. The number of piperidine rings is 1. The Morgan fingerprint density at radius 1 is 1.10 bits per heavy atom. The smallest absolute Gasteiger partial charge is 0.253 e. The van der Waals surface area contributed by atoms with Gasteiger partial charge in [-0.2, -0.15) is 0 Å². The second-order valence-electron chi connectivity index (χ2n) is 8.08. The van der Waals surface area contributed by atoms with Gasteiger partial charge in [0.05, 0.1) is 5.41 Å². The number of anilines is 1. The van der Waals surface area contributed by atoms with Crippen LogP contribution in [0.3, 0.4) is 0 Å². The van der Waals surface area contributed by atoms with E-state index >= 15 is 0 Å². The molecule has 1 atom stereocenters. The molecule has 0 aliphatic carbocycles. The molecule has 2 amide bonds. The molecule has 154 valence electrons. The number of aryl methyl sites for hydroxylation is 1. The lowest BCUT2D eigenvalue weighted by atomic mass is 9.80. The van der Waals surface area contributed by atoms with Gasteiger partial charge in [0.1, 0.15) is 5.01 Å². The van der Waals surface area contributed by atoms with Crippen molar-refractivity contribution in [2.24, 2.45) is 5.41 Å². The summed E-state index contributed by atoms with van der Waals surface area (Å²) < 4.78 is 0. The highest BCUT2D eigenvalue weighted by Crippen LogP contribution is 2.32. The first-order valence-electron chi connectivity index (χ1n) is 10.1. The average Bonchev–Trinajstić information content (AvgIpc) is 3.20. The first-order chi connectivity index (χ1) is 14.4. The van der Waals surface area contributed by atoms with Gasteiger partial charge >= 0.3 is 0 Å². The topological polar surface area (TPSA) is 62.3 Å². The summed E-state index contributed by atoms with van der Waals surface area (Å²) >= 11 is 1.61. The van der Waals surface area contributed by atoms with Gasteiger partial charge in [-0.1, -0.05) is 18.2 Å². The van der Waals surface area contributed by atoms with Gasteiger partial charge in [-0.05, 0) is 63.1 Å². The van der Waals surface area contributed by atoms with E-state index in [2.05, 4.69) is 10.3 Å². The van der Waals surface area contributed by atoms with Crippen LogP contribution in [0.4, 0.5) is 5.69 Å². The van der Waals surface area contributed by atoms with Crippen molar-refractivity contribution in [3.05, 3.63) is 71.2 Å². The van der Waals surface area contributed by atoms with Crippen molar-refractivity contribution in [1.82, 2.24) is 9.88 Å². The van der Waals surface area contributed by atoms with Crippen LogP contribution in [0, 0.1) is 12.3 Å². The monoisotopic (exact) mass is 419 g/mol. The van der Waals surface area contributed by atoms with E-state index in [-0.39, 0.29) is 11.8 Å². The summed E-state index contributed by atoms with van der Waals surface area (Å²) in [5.74, 6) is -0.0664. The Morgan fingerprint density at radius 3 is 2.50 bits per heavy atom. The summed E-state index contributed by atoms with van der Waals surface area (Å²) in [4.78, 5) is 32.2. The number of benzene rings is 2. The maximum absolute atomic E-state index is 13.1. The number of hydrogen-bond donors (Lipinski definition) is 1. The maximum atomic E-state index is 13.1. The Bertz CT molecular complexity index is 1050. The molecular formula is C24H25N3O2S. The number of amides is 2. The minimum absolute atomic E-state index is 0.0163. The molecule has 5 nitrogen and oxygen atoms in total. The summed E-state index contributed by atoms with van der Waals surface area (Å²) in [7, 11) is 0. The van der Waals surface area contributed by atoms with Crippen LogP contribution in [0.1, 0.15) is 35.8 Å². The van der Waals surface area contributed by atoms with E-state index in [4.69, 9.17) is 0 Å². The van der Waals surface area contributed by atoms with Gasteiger partial charge in [0.15, 0.2) is 0 Å². The van der Waals surface area contributed by atoms with Crippen LogP contribution in [0.25, 0.3) is 10.6 Å². The molecule has 2 heterocycles. The van der Waals surface area contributed by atoms with Crippen molar-refractivity contribution in [2.45, 2.75) is 26.7 Å². The van der Waals surface area contributed by atoms with Gasteiger partial charge in [0, 0.05) is 41.0 Å². The molecule has 1 N–H and O–H groups in total. The van der Waals surface area contributed by atoms with Crippen LogP contribution < -0.4 is 5.32 Å². The lowest BCUT2D eigenvalue weighted by Gasteiger charge is -2.39. The highest BCUT2D eigenvalue weighted by molar-refractivity contribution is 7.13. The van der Waals surface area contributed by atoms with Crippen LogP contribution in [-0.4, -0.2) is 34.8 Å². The lowest BCUT2D eigenvalue weighted by molar-refractivity contribution is -0.127. The fourth-order valence-corrected chi connectivity index (χ4v) is 4.63. The molecule has 6 heteroatoms. The van der Waals surface area contributed by atoms with E-state index in [0.717, 1.165) is 34.8 Å². The molecule has 0 radical (unpaired) electrons. The van der Waals surface area contributed by atoms with E-state index in [1.54, 1.807) is 16.2 Å². The predicted octanol–water partition coefficient (Wildman–Crippen LogP) is 5.00. The quantitative estimate of drug-likeness (QED) is 0.647. The first-order valence-corrected chi connectivity index (χ1v) is 11.0. The van der Waals surface area contributed by atoms with E-state index in [0.29, 0.717) is 18.7 Å². The summed E-state index contributed by atoms with van der Waals surface area (Å²) in [6.45, 7) is 5.02. The molecule has 30 heavy (non-hydrogen) atoms. The molecule has 1 aliphatic rings. The van der Waals surface area contributed by atoms with Crippen molar-refractivity contribution >= 4 is 28.8 Å². The lowest BCUT2D eigenvalue weighted by Crippen LogP contribution is -2.50. The van der Waals surface area contributed by atoms with E-state index in [1.165, 1.54) is 0 Å². The Labute approximate surface area is 180 Å². The number of carbonyl (C=O) groups is 2. The third-order valence-electron chi connectivity index (χ3n) is 5.56. The standard InChI is InChI=1S/C24H25N3O2S/c1-17-15-30-21(25-17)18-9-11-20(12-10-18)26-23(29)24(2)13-6-14-27(16-24)22(28)19-7-4-3-5-8-19/h3-5,7-12,15H,6,13-14,16H2,1-2H3,(H,26,29)/t24-/m1/s1. The third-order valence-corrected chi connectivity index (χ3v) is 6.57. The fourth-order valence-electron chi connectivity index (χ4n) is 3.83. The van der Waals surface area contributed by atoms with Crippen LogP contribution in [-0.2, 0) is 4.79 Å². The van der Waals surface area contributed by atoms with Gasteiger partial charge in [-0.25, -0.2) is 4.98 Å². The molecule has 3 aromatic rings. The molecule has 0 saturated carbocycles. The zero-order valence-electron chi connectivity index (χ0n) is 17.2. The van der Waals surface area contributed by atoms with Crippen LogP contribution >= 0.6 is 11.3 Å². The van der Waals surface area contributed by atoms with E-state index < -0.39 is 5.41 Å². The number of carbonyl (C=O) groups excluding carboxylic acids is 2. The Balaban J connectivity index is 1.43. The predicted molar refractivity (Wildman–Crippen MR) is 121 cm³/mol. The van der Waals surface area contributed by atoms with E-state index in [1.807, 2.05) is 73.8 Å². The molecule has 0 unspecified atom stereocenters. The number of hydrogen-bond acceptors (Lipinski definition) is 4. The van der Waals surface area contributed by atoms with Crippen molar-refractivity contribution in [1.29, 1.82) is 0 Å². The van der Waals surface area contributed by atoms with Gasteiger partial charge in [-0.3, -0.25) is 9.59 Å². The Morgan fingerprint density at radius 2 is 1.83 bits per heavy atom.